The molecule has 2 rings (SSSR count). The fourth-order valence-corrected chi connectivity index (χ4v) is 2.22. The van der Waals surface area contributed by atoms with Crippen molar-refractivity contribution in [2.45, 2.75) is 19.4 Å². The van der Waals surface area contributed by atoms with Crippen LogP contribution < -0.4 is 16.1 Å². The molecule has 0 atom stereocenters. The van der Waals surface area contributed by atoms with E-state index in [1.807, 2.05) is 4.90 Å². The van der Waals surface area contributed by atoms with Crippen LogP contribution in [-0.2, 0) is 0 Å². The molecule has 19 heavy (non-hydrogen) atoms. The predicted octanol–water partition coefficient (Wildman–Crippen LogP) is -1.65. The number of H-pyrrole nitrogens is 2. The minimum atomic E-state index is -0.726. The van der Waals surface area contributed by atoms with E-state index in [2.05, 4.69) is 20.1 Å². The Kier molecular flexibility index (Phi) is 3.72. The van der Waals surface area contributed by atoms with Gasteiger partial charge in [0.25, 0.3) is 5.56 Å². The maximum atomic E-state index is 11.6. The fraction of sp³-hybridized carbons (Fsp3) is 0.727. The van der Waals surface area contributed by atoms with E-state index in [0.717, 1.165) is 13.1 Å². The summed E-state index contributed by atoms with van der Waals surface area (Å²) in [6.45, 7) is 6.89. The SMILES string of the molecule is CC(C)(O)CN1CCN(c2n[nH]c(=O)[nH]c2=O)CC1. The molecule has 3 N–H and O–H groups in total. The van der Waals surface area contributed by atoms with Crippen LogP contribution in [0.1, 0.15) is 13.8 Å². The zero-order chi connectivity index (χ0) is 14.0. The summed E-state index contributed by atoms with van der Waals surface area (Å²) >= 11 is 0. The molecule has 1 fully saturated rings. The third-order valence-electron chi connectivity index (χ3n) is 2.98. The zero-order valence-corrected chi connectivity index (χ0v) is 11.1. The van der Waals surface area contributed by atoms with Gasteiger partial charge in [0.2, 0.25) is 5.82 Å². The minimum absolute atomic E-state index is 0.238. The Morgan fingerprint density at radius 1 is 1.26 bits per heavy atom. The van der Waals surface area contributed by atoms with Crippen molar-refractivity contribution in [3.63, 3.8) is 0 Å². The third-order valence-corrected chi connectivity index (χ3v) is 2.98. The van der Waals surface area contributed by atoms with Crippen molar-refractivity contribution in [2.75, 3.05) is 37.6 Å². The molecular weight excluding hydrogens is 250 g/mol. The van der Waals surface area contributed by atoms with Crippen molar-refractivity contribution < 1.29 is 5.11 Å². The molecule has 1 aromatic heterocycles. The molecule has 0 amide bonds. The number of hydrogen-bond acceptors (Lipinski definition) is 6. The van der Waals surface area contributed by atoms with Gasteiger partial charge in [0.15, 0.2) is 0 Å². The second kappa shape index (κ2) is 5.14. The summed E-state index contributed by atoms with van der Waals surface area (Å²) in [6, 6.07) is 0. The lowest BCUT2D eigenvalue weighted by molar-refractivity contribution is 0.0344. The lowest BCUT2D eigenvalue weighted by atomic mass is 10.1. The average molecular weight is 269 g/mol. The van der Waals surface area contributed by atoms with Crippen molar-refractivity contribution in [1.29, 1.82) is 0 Å². The summed E-state index contributed by atoms with van der Waals surface area (Å²) in [4.78, 5) is 28.6. The summed E-state index contributed by atoms with van der Waals surface area (Å²) in [5, 5.41) is 15.8. The first-order valence-electron chi connectivity index (χ1n) is 6.24. The number of aliphatic hydroxyl groups is 1. The Bertz CT molecular complexity index is 536. The lowest BCUT2D eigenvalue weighted by Gasteiger charge is -2.37. The molecule has 0 radical (unpaired) electrons. The highest BCUT2D eigenvalue weighted by molar-refractivity contribution is 5.34. The molecule has 0 aromatic carbocycles. The fourth-order valence-electron chi connectivity index (χ4n) is 2.22. The number of hydrogen-bond donors (Lipinski definition) is 3. The van der Waals surface area contributed by atoms with Crippen LogP contribution in [0.3, 0.4) is 0 Å². The summed E-state index contributed by atoms with van der Waals surface area (Å²) in [6.07, 6.45) is 0. The van der Waals surface area contributed by atoms with Crippen LogP contribution in [0, 0.1) is 0 Å². The monoisotopic (exact) mass is 269 g/mol. The molecule has 2 heterocycles. The first-order valence-corrected chi connectivity index (χ1v) is 6.24. The third kappa shape index (κ3) is 3.65. The van der Waals surface area contributed by atoms with Crippen molar-refractivity contribution in [2.24, 2.45) is 0 Å². The second-order valence-corrected chi connectivity index (χ2v) is 5.41. The Morgan fingerprint density at radius 3 is 2.42 bits per heavy atom. The topological polar surface area (TPSA) is 105 Å². The van der Waals surface area contributed by atoms with E-state index in [9.17, 15) is 14.7 Å². The summed E-state index contributed by atoms with van der Waals surface area (Å²) in [5.74, 6) is 0.238. The predicted molar refractivity (Wildman–Crippen MR) is 70.4 cm³/mol. The largest absolute Gasteiger partial charge is 0.389 e. The summed E-state index contributed by atoms with van der Waals surface area (Å²) in [5.41, 5.74) is -1.80. The van der Waals surface area contributed by atoms with Crippen molar-refractivity contribution in [3.8, 4) is 0 Å². The Balaban J connectivity index is 2.00. The molecule has 1 aromatic rings. The van der Waals surface area contributed by atoms with Gasteiger partial charge in [-0.05, 0) is 13.8 Å². The van der Waals surface area contributed by atoms with Gasteiger partial charge in [0, 0.05) is 32.7 Å². The van der Waals surface area contributed by atoms with Crippen molar-refractivity contribution in [1.82, 2.24) is 20.1 Å². The van der Waals surface area contributed by atoms with Crippen LogP contribution in [0.2, 0.25) is 0 Å². The lowest BCUT2D eigenvalue weighted by Crippen LogP contribution is -2.52. The van der Waals surface area contributed by atoms with Crippen LogP contribution in [0.25, 0.3) is 0 Å². The number of aromatic amines is 2. The first kappa shape index (κ1) is 13.8. The summed E-state index contributed by atoms with van der Waals surface area (Å²) in [7, 11) is 0. The smallest absolute Gasteiger partial charge is 0.342 e. The van der Waals surface area contributed by atoms with E-state index in [1.54, 1.807) is 13.8 Å². The molecule has 0 unspecified atom stereocenters. The number of β-amino-alcohol motifs (C(OH)–C–C–N with tert-alkyl or cyclic N) is 1. The molecule has 106 valence electrons. The van der Waals surface area contributed by atoms with E-state index in [0.29, 0.717) is 19.6 Å². The van der Waals surface area contributed by atoms with Gasteiger partial charge in [0.05, 0.1) is 5.60 Å². The molecule has 0 saturated carbocycles. The number of piperazine rings is 1. The van der Waals surface area contributed by atoms with Crippen LogP contribution in [-0.4, -0.2) is 63.5 Å². The molecular formula is C11H19N5O3. The van der Waals surface area contributed by atoms with Crippen LogP contribution >= 0.6 is 0 Å². The zero-order valence-electron chi connectivity index (χ0n) is 11.1. The standard InChI is InChI=1S/C11H19N5O3/c1-11(2,19)7-15-3-5-16(6-4-15)8-9(17)12-10(18)14-13-8/h19H,3-7H2,1-2H3,(H2,12,14,17,18). The number of anilines is 1. The van der Waals surface area contributed by atoms with Gasteiger partial charge in [-0.15, -0.1) is 5.10 Å². The number of rotatable bonds is 3. The van der Waals surface area contributed by atoms with Crippen molar-refractivity contribution in [3.05, 3.63) is 20.8 Å². The van der Waals surface area contributed by atoms with Crippen LogP contribution in [0.4, 0.5) is 5.82 Å². The van der Waals surface area contributed by atoms with Gasteiger partial charge in [-0.2, -0.15) is 0 Å². The molecule has 0 bridgehead atoms. The molecule has 0 spiro atoms. The maximum absolute atomic E-state index is 11.6. The van der Waals surface area contributed by atoms with Gasteiger partial charge in [-0.25, -0.2) is 9.89 Å². The maximum Gasteiger partial charge on any atom is 0.342 e. The molecule has 1 saturated heterocycles. The second-order valence-electron chi connectivity index (χ2n) is 5.41. The van der Waals surface area contributed by atoms with E-state index in [1.165, 1.54) is 0 Å². The van der Waals surface area contributed by atoms with Gasteiger partial charge in [0.1, 0.15) is 0 Å². The Morgan fingerprint density at radius 2 is 1.89 bits per heavy atom. The highest BCUT2D eigenvalue weighted by atomic mass is 16.3. The van der Waals surface area contributed by atoms with Crippen molar-refractivity contribution >= 4 is 5.82 Å². The molecule has 1 aliphatic heterocycles. The Hall–Kier alpha value is -1.67. The quantitative estimate of drug-likeness (QED) is 0.607. The summed E-state index contributed by atoms with van der Waals surface area (Å²) < 4.78 is 0. The van der Waals surface area contributed by atoms with E-state index < -0.39 is 16.9 Å². The van der Waals surface area contributed by atoms with Crippen LogP contribution in [0.5, 0.6) is 0 Å². The highest BCUT2D eigenvalue weighted by Gasteiger charge is 2.24. The Labute approximate surface area is 110 Å². The number of aromatic nitrogens is 3. The molecule has 8 heteroatoms. The normalized spacial score (nSPS) is 17.7. The highest BCUT2D eigenvalue weighted by Crippen LogP contribution is 2.10. The molecule has 1 aliphatic rings. The number of nitrogens with zero attached hydrogens (tertiary/aromatic N) is 3. The molecule has 0 aliphatic carbocycles. The molecule has 8 nitrogen and oxygen atoms in total. The van der Waals surface area contributed by atoms with Gasteiger partial charge in [-0.1, -0.05) is 0 Å². The van der Waals surface area contributed by atoms with Gasteiger partial charge >= 0.3 is 5.69 Å². The first-order chi connectivity index (χ1) is 8.85. The van der Waals surface area contributed by atoms with E-state index >= 15 is 0 Å². The van der Waals surface area contributed by atoms with E-state index in [-0.39, 0.29) is 5.82 Å². The van der Waals surface area contributed by atoms with Crippen LogP contribution in [0.15, 0.2) is 9.59 Å². The minimum Gasteiger partial charge on any atom is -0.389 e. The average Bonchev–Trinajstić information content (AvgIpc) is 2.28. The van der Waals surface area contributed by atoms with Gasteiger partial charge in [-0.3, -0.25) is 14.7 Å². The number of nitrogens with one attached hydrogen (secondary N) is 2. The van der Waals surface area contributed by atoms with E-state index in [4.69, 9.17) is 0 Å². The van der Waals surface area contributed by atoms with Gasteiger partial charge < -0.3 is 10.0 Å².